The first-order chi connectivity index (χ1) is 14.1. The molecule has 166 valence electrons. The predicted molar refractivity (Wildman–Crippen MR) is 116 cm³/mol. The van der Waals surface area contributed by atoms with Gasteiger partial charge >= 0.3 is 0 Å². The van der Waals surface area contributed by atoms with Crippen LogP contribution in [0.5, 0.6) is 5.75 Å². The van der Waals surface area contributed by atoms with E-state index in [-0.39, 0.29) is 6.10 Å². The fraction of sp³-hybridized carbons (Fsp3) is 0.682. The summed E-state index contributed by atoms with van der Waals surface area (Å²) in [4.78, 5) is 6.80. The van der Waals surface area contributed by atoms with Crippen LogP contribution in [-0.4, -0.2) is 73.4 Å². The molecule has 3 aliphatic heterocycles. The van der Waals surface area contributed by atoms with Gasteiger partial charge < -0.3 is 9.64 Å². The number of sulfonamides is 1. The van der Waals surface area contributed by atoms with E-state index in [1.54, 1.807) is 13.8 Å². The van der Waals surface area contributed by atoms with Crippen LogP contribution in [-0.2, 0) is 16.4 Å². The Bertz CT molecular complexity index is 918. The van der Waals surface area contributed by atoms with E-state index in [9.17, 15) is 12.8 Å². The van der Waals surface area contributed by atoms with E-state index in [4.69, 9.17) is 4.74 Å². The average molecular weight is 438 g/mol. The van der Waals surface area contributed by atoms with Crippen molar-refractivity contribution in [2.75, 3.05) is 39.0 Å². The SMILES string of the molecule is CC(C)(F)CN1CCC([C@H]2Cc3cc(C4=CCN(S(C)(=O)=O)CC4)ncc3O2)CC1. The molecule has 6 nitrogen and oxygen atoms in total. The van der Waals surface area contributed by atoms with Crippen molar-refractivity contribution in [3.8, 4) is 5.75 Å². The lowest BCUT2D eigenvalue weighted by Crippen LogP contribution is -2.43. The third-order valence-corrected chi connectivity index (χ3v) is 7.64. The second kappa shape index (κ2) is 8.20. The quantitative estimate of drug-likeness (QED) is 0.709. The third-order valence-electron chi connectivity index (χ3n) is 6.38. The number of rotatable bonds is 5. The van der Waals surface area contributed by atoms with Crippen LogP contribution in [0.25, 0.3) is 5.57 Å². The average Bonchev–Trinajstić information content (AvgIpc) is 3.10. The highest BCUT2D eigenvalue weighted by Crippen LogP contribution is 2.36. The monoisotopic (exact) mass is 437 g/mol. The molecular formula is C22H32FN3O3S. The van der Waals surface area contributed by atoms with Crippen molar-refractivity contribution in [1.29, 1.82) is 0 Å². The molecule has 1 atom stereocenters. The van der Waals surface area contributed by atoms with Crippen LogP contribution in [0.3, 0.4) is 0 Å². The van der Waals surface area contributed by atoms with E-state index in [1.165, 1.54) is 16.1 Å². The highest BCUT2D eigenvalue weighted by atomic mass is 32.2. The highest BCUT2D eigenvalue weighted by Gasteiger charge is 2.34. The van der Waals surface area contributed by atoms with E-state index in [1.807, 2.05) is 12.3 Å². The smallest absolute Gasteiger partial charge is 0.211 e. The highest BCUT2D eigenvalue weighted by molar-refractivity contribution is 7.88. The first kappa shape index (κ1) is 21.7. The Morgan fingerprint density at radius 3 is 2.60 bits per heavy atom. The molecule has 4 heterocycles. The van der Waals surface area contributed by atoms with Crippen molar-refractivity contribution >= 4 is 15.6 Å². The number of hydrogen-bond acceptors (Lipinski definition) is 5. The molecule has 1 aromatic heterocycles. The summed E-state index contributed by atoms with van der Waals surface area (Å²) < 4.78 is 45.0. The lowest BCUT2D eigenvalue weighted by molar-refractivity contribution is 0.0606. The summed E-state index contributed by atoms with van der Waals surface area (Å²) >= 11 is 0. The predicted octanol–water partition coefficient (Wildman–Crippen LogP) is 2.89. The van der Waals surface area contributed by atoms with Gasteiger partial charge in [0, 0.05) is 31.6 Å². The molecule has 0 amide bonds. The van der Waals surface area contributed by atoms with E-state index in [0.717, 1.165) is 49.4 Å². The van der Waals surface area contributed by atoms with Gasteiger partial charge in [0.05, 0.1) is 18.1 Å². The molecule has 1 saturated heterocycles. The Morgan fingerprint density at radius 1 is 1.27 bits per heavy atom. The summed E-state index contributed by atoms with van der Waals surface area (Å²) in [6.45, 7) is 6.51. The first-order valence-corrected chi connectivity index (χ1v) is 12.6. The number of likely N-dealkylation sites (tertiary alicyclic amines) is 1. The van der Waals surface area contributed by atoms with Gasteiger partial charge in [-0.2, -0.15) is 4.31 Å². The summed E-state index contributed by atoms with van der Waals surface area (Å²) in [6.07, 6.45) is 8.81. The number of nitrogens with zero attached hydrogens (tertiary/aromatic N) is 3. The van der Waals surface area contributed by atoms with Crippen LogP contribution in [0.2, 0.25) is 0 Å². The first-order valence-electron chi connectivity index (χ1n) is 10.8. The Morgan fingerprint density at radius 2 is 2.00 bits per heavy atom. The van der Waals surface area contributed by atoms with Gasteiger partial charge in [0.25, 0.3) is 0 Å². The molecule has 0 unspecified atom stereocenters. The molecule has 8 heteroatoms. The molecule has 0 bridgehead atoms. The minimum absolute atomic E-state index is 0.165. The molecule has 0 radical (unpaired) electrons. The molecule has 0 N–H and O–H groups in total. The van der Waals surface area contributed by atoms with Gasteiger partial charge in [0.2, 0.25) is 10.0 Å². The van der Waals surface area contributed by atoms with Crippen molar-refractivity contribution in [2.45, 2.75) is 51.3 Å². The molecule has 30 heavy (non-hydrogen) atoms. The largest absolute Gasteiger partial charge is 0.488 e. The lowest BCUT2D eigenvalue weighted by Gasteiger charge is -2.36. The van der Waals surface area contributed by atoms with Gasteiger partial charge in [-0.3, -0.25) is 4.98 Å². The Balaban J connectivity index is 1.36. The van der Waals surface area contributed by atoms with Gasteiger partial charge in [-0.1, -0.05) is 6.08 Å². The fourth-order valence-electron chi connectivity index (χ4n) is 4.81. The van der Waals surface area contributed by atoms with Crippen LogP contribution < -0.4 is 4.74 Å². The van der Waals surface area contributed by atoms with Crippen LogP contribution >= 0.6 is 0 Å². The number of hydrogen-bond donors (Lipinski definition) is 0. The van der Waals surface area contributed by atoms with Crippen molar-refractivity contribution in [2.24, 2.45) is 5.92 Å². The maximum atomic E-state index is 13.9. The van der Waals surface area contributed by atoms with Gasteiger partial charge in [0.1, 0.15) is 17.5 Å². The third kappa shape index (κ3) is 5.03. The van der Waals surface area contributed by atoms with Crippen molar-refractivity contribution < 1.29 is 17.5 Å². The molecular weight excluding hydrogens is 405 g/mol. The van der Waals surface area contributed by atoms with Crippen LogP contribution in [0, 0.1) is 5.92 Å². The molecule has 3 aliphatic rings. The molecule has 1 fully saturated rings. The van der Waals surface area contributed by atoms with Gasteiger partial charge in [-0.05, 0) is 63.8 Å². The van der Waals surface area contributed by atoms with E-state index in [2.05, 4.69) is 16.0 Å². The number of alkyl halides is 1. The van der Waals surface area contributed by atoms with E-state index >= 15 is 0 Å². The fourth-order valence-corrected chi connectivity index (χ4v) is 5.58. The Hall–Kier alpha value is -1.51. The zero-order chi connectivity index (χ0) is 21.5. The summed E-state index contributed by atoms with van der Waals surface area (Å²) in [6, 6.07) is 2.11. The maximum absolute atomic E-state index is 13.9. The maximum Gasteiger partial charge on any atom is 0.211 e. The van der Waals surface area contributed by atoms with Gasteiger partial charge in [0.15, 0.2) is 0 Å². The summed E-state index contributed by atoms with van der Waals surface area (Å²) in [5, 5.41) is 0. The minimum Gasteiger partial charge on any atom is -0.488 e. The number of fused-ring (bicyclic) bond motifs is 1. The van der Waals surface area contributed by atoms with Crippen LogP contribution in [0.1, 0.15) is 44.4 Å². The van der Waals surface area contributed by atoms with Crippen LogP contribution in [0.4, 0.5) is 4.39 Å². The Labute approximate surface area is 179 Å². The zero-order valence-electron chi connectivity index (χ0n) is 18.1. The molecule has 0 saturated carbocycles. The second-order valence-corrected chi connectivity index (χ2v) is 11.5. The molecule has 1 aromatic rings. The summed E-state index contributed by atoms with van der Waals surface area (Å²) in [5.41, 5.74) is 2.06. The molecule has 0 aliphatic carbocycles. The minimum atomic E-state index is -3.15. The number of ether oxygens (including phenoxy) is 1. The topological polar surface area (TPSA) is 62.7 Å². The molecule has 0 spiro atoms. The van der Waals surface area contributed by atoms with Crippen molar-refractivity contribution in [1.82, 2.24) is 14.2 Å². The lowest BCUT2D eigenvalue weighted by atomic mass is 9.88. The van der Waals surface area contributed by atoms with E-state index in [0.29, 0.717) is 32.0 Å². The number of aromatic nitrogens is 1. The van der Waals surface area contributed by atoms with E-state index < -0.39 is 15.7 Å². The Kier molecular flexibility index (Phi) is 5.94. The molecule has 4 rings (SSSR count). The van der Waals surface area contributed by atoms with Gasteiger partial charge in [-0.15, -0.1) is 0 Å². The standard InChI is InChI=1S/C22H32FN3O3S/c1-22(2,23)15-25-8-4-17(5-9-25)20-13-18-12-19(24-14-21(18)29-20)16-6-10-26(11-7-16)30(3,27)28/h6,12,14,17,20H,4-5,7-11,13,15H2,1-3H3/t20-/m1/s1. The van der Waals surface area contributed by atoms with Gasteiger partial charge in [-0.25, -0.2) is 12.8 Å². The second-order valence-electron chi connectivity index (χ2n) is 9.47. The molecule has 0 aromatic carbocycles. The van der Waals surface area contributed by atoms with Crippen LogP contribution in [0.15, 0.2) is 18.3 Å². The van der Waals surface area contributed by atoms with Crippen molar-refractivity contribution in [3.63, 3.8) is 0 Å². The summed E-state index contributed by atoms with van der Waals surface area (Å²) in [5.74, 6) is 1.35. The number of piperidine rings is 1. The summed E-state index contributed by atoms with van der Waals surface area (Å²) in [7, 11) is -3.15. The number of pyridine rings is 1. The van der Waals surface area contributed by atoms with Crippen molar-refractivity contribution in [3.05, 3.63) is 29.6 Å². The zero-order valence-corrected chi connectivity index (χ0v) is 18.9. The normalized spacial score (nSPS) is 24.4. The number of halogens is 1.